The molecule has 142 valence electrons. The van der Waals surface area contributed by atoms with Crippen molar-refractivity contribution in [2.45, 2.75) is 32.7 Å². The van der Waals surface area contributed by atoms with E-state index in [-0.39, 0.29) is 12.6 Å². The van der Waals surface area contributed by atoms with Crippen LogP contribution in [0.5, 0.6) is 0 Å². The summed E-state index contributed by atoms with van der Waals surface area (Å²) in [6.45, 7) is 3.92. The van der Waals surface area contributed by atoms with E-state index in [2.05, 4.69) is 5.32 Å². The molecule has 6 heteroatoms. The second kappa shape index (κ2) is 10.1. The molecule has 0 bridgehead atoms. The van der Waals surface area contributed by atoms with Crippen molar-refractivity contribution in [3.63, 3.8) is 0 Å². The van der Waals surface area contributed by atoms with E-state index in [0.29, 0.717) is 17.5 Å². The van der Waals surface area contributed by atoms with Crippen molar-refractivity contribution >= 4 is 18.0 Å². The molecule has 1 atom stereocenters. The number of amides is 1. The minimum Gasteiger partial charge on any atom is -0.462 e. The molecule has 1 unspecified atom stereocenters. The van der Waals surface area contributed by atoms with Gasteiger partial charge in [-0.1, -0.05) is 37.3 Å². The fraction of sp³-hybridized carbons (Fsp3) is 0.286. The van der Waals surface area contributed by atoms with E-state index < -0.39 is 18.0 Å². The smallest absolute Gasteiger partial charge is 0.415 e. The fourth-order valence-electron chi connectivity index (χ4n) is 2.31. The van der Waals surface area contributed by atoms with Gasteiger partial charge in [0.1, 0.15) is 0 Å². The van der Waals surface area contributed by atoms with Crippen LogP contribution in [0, 0.1) is 0 Å². The highest BCUT2D eigenvalue weighted by Gasteiger charge is 2.15. The Balaban J connectivity index is 1.70. The van der Waals surface area contributed by atoms with Gasteiger partial charge in [0.2, 0.25) is 0 Å². The lowest BCUT2D eigenvalue weighted by Crippen LogP contribution is -2.35. The minimum atomic E-state index is -0.835. The third-order valence-corrected chi connectivity index (χ3v) is 3.94. The highest BCUT2D eigenvalue weighted by Crippen LogP contribution is 2.07. The predicted octanol–water partition coefficient (Wildman–Crippen LogP) is 3.75. The summed E-state index contributed by atoms with van der Waals surface area (Å²) in [6, 6.07) is 15.2. The molecule has 1 amide bonds. The van der Waals surface area contributed by atoms with E-state index >= 15 is 0 Å². The van der Waals surface area contributed by atoms with E-state index in [1.165, 1.54) is 0 Å². The van der Waals surface area contributed by atoms with Crippen molar-refractivity contribution in [2.75, 3.05) is 6.61 Å². The van der Waals surface area contributed by atoms with Gasteiger partial charge in [0, 0.05) is 12.5 Å². The number of hydrogen-bond donors (Lipinski definition) is 1. The zero-order valence-electron chi connectivity index (χ0n) is 15.4. The van der Waals surface area contributed by atoms with E-state index in [1.807, 2.05) is 19.1 Å². The average Bonchev–Trinajstić information content (AvgIpc) is 2.68. The summed E-state index contributed by atoms with van der Waals surface area (Å²) in [7, 11) is 0. The van der Waals surface area contributed by atoms with Gasteiger partial charge in [-0.25, -0.2) is 14.4 Å². The predicted molar refractivity (Wildman–Crippen MR) is 101 cm³/mol. The summed E-state index contributed by atoms with van der Waals surface area (Å²) >= 11 is 0. The summed E-state index contributed by atoms with van der Waals surface area (Å²) in [5.41, 5.74) is 1.93. The molecule has 0 aliphatic carbocycles. The number of esters is 2. The summed E-state index contributed by atoms with van der Waals surface area (Å²) in [5.74, 6) is -1.13. The molecule has 0 aliphatic rings. The first-order chi connectivity index (χ1) is 13.0. The molecule has 0 saturated heterocycles. The summed E-state index contributed by atoms with van der Waals surface area (Å²) in [6.07, 6.45) is 0.465. The Bertz CT molecular complexity index is 771. The lowest BCUT2D eigenvalue weighted by molar-refractivity contribution is 0.0491. The van der Waals surface area contributed by atoms with Crippen molar-refractivity contribution in [3.8, 4) is 0 Å². The van der Waals surface area contributed by atoms with Crippen molar-refractivity contribution < 1.29 is 23.9 Å². The van der Waals surface area contributed by atoms with Crippen LogP contribution in [0.15, 0.2) is 54.6 Å². The van der Waals surface area contributed by atoms with Gasteiger partial charge in [0.15, 0.2) is 0 Å². The Morgan fingerprint density at radius 1 is 0.926 bits per heavy atom. The Morgan fingerprint density at radius 2 is 1.56 bits per heavy atom. The third kappa shape index (κ3) is 6.58. The molecule has 0 heterocycles. The van der Waals surface area contributed by atoms with Gasteiger partial charge >= 0.3 is 18.0 Å². The van der Waals surface area contributed by atoms with Crippen molar-refractivity contribution in [2.24, 2.45) is 0 Å². The molecule has 0 radical (unpaired) electrons. The average molecular weight is 369 g/mol. The van der Waals surface area contributed by atoms with Crippen LogP contribution in [-0.4, -0.2) is 30.7 Å². The standard InChI is InChI=1S/C21H23NO5/c1-3-16-9-11-18(12-10-16)19(23)26-14-13-15(2)22-21(25)27-20(24)17-7-5-4-6-8-17/h4-12,15H,3,13-14H2,1-2H3,(H,22,25). The molecule has 1 N–H and O–H groups in total. The molecule has 0 fully saturated rings. The van der Waals surface area contributed by atoms with Crippen molar-refractivity contribution in [3.05, 3.63) is 71.3 Å². The monoisotopic (exact) mass is 369 g/mol. The molecule has 6 nitrogen and oxygen atoms in total. The maximum Gasteiger partial charge on any atom is 0.415 e. The van der Waals surface area contributed by atoms with E-state index in [0.717, 1.165) is 12.0 Å². The summed E-state index contributed by atoms with van der Waals surface area (Å²) < 4.78 is 9.94. The Hall–Kier alpha value is -3.15. The zero-order chi connectivity index (χ0) is 19.6. The van der Waals surface area contributed by atoms with Crippen LogP contribution in [0.25, 0.3) is 0 Å². The first kappa shape index (κ1) is 20.2. The topological polar surface area (TPSA) is 81.7 Å². The third-order valence-electron chi connectivity index (χ3n) is 3.94. The Labute approximate surface area is 158 Å². The van der Waals surface area contributed by atoms with Gasteiger partial charge in [0.25, 0.3) is 0 Å². The molecule has 0 aromatic heterocycles. The van der Waals surface area contributed by atoms with Gasteiger partial charge < -0.3 is 14.8 Å². The van der Waals surface area contributed by atoms with Crippen LogP contribution < -0.4 is 5.32 Å². The molecule has 0 saturated carbocycles. The fourth-order valence-corrected chi connectivity index (χ4v) is 2.31. The number of ether oxygens (including phenoxy) is 2. The lowest BCUT2D eigenvalue weighted by Gasteiger charge is -2.13. The number of carbonyl (C=O) groups is 3. The SMILES string of the molecule is CCc1ccc(C(=O)OCCC(C)NC(=O)OC(=O)c2ccccc2)cc1. The number of carbonyl (C=O) groups excluding carboxylic acids is 3. The Morgan fingerprint density at radius 3 is 2.19 bits per heavy atom. The highest BCUT2D eigenvalue weighted by molar-refractivity contribution is 5.96. The normalized spacial score (nSPS) is 11.3. The summed E-state index contributed by atoms with van der Waals surface area (Å²) in [4.78, 5) is 35.5. The minimum absolute atomic E-state index is 0.141. The largest absolute Gasteiger partial charge is 0.462 e. The van der Waals surface area contributed by atoms with Crippen LogP contribution in [0.3, 0.4) is 0 Å². The first-order valence-corrected chi connectivity index (χ1v) is 8.83. The maximum atomic E-state index is 12.0. The van der Waals surface area contributed by atoms with Crippen LogP contribution in [0.1, 0.15) is 46.5 Å². The molecule has 2 aromatic carbocycles. The lowest BCUT2D eigenvalue weighted by atomic mass is 10.1. The highest BCUT2D eigenvalue weighted by atomic mass is 16.6. The van der Waals surface area contributed by atoms with Gasteiger partial charge in [-0.2, -0.15) is 0 Å². The summed E-state index contributed by atoms with van der Waals surface area (Å²) in [5, 5.41) is 2.54. The number of hydrogen-bond acceptors (Lipinski definition) is 5. The number of benzene rings is 2. The van der Waals surface area contributed by atoms with Gasteiger partial charge in [0.05, 0.1) is 17.7 Å². The molecule has 0 aliphatic heterocycles. The molecule has 27 heavy (non-hydrogen) atoms. The van der Waals surface area contributed by atoms with Crippen LogP contribution in [0.2, 0.25) is 0 Å². The number of aryl methyl sites for hydroxylation is 1. The van der Waals surface area contributed by atoms with Crippen LogP contribution in [-0.2, 0) is 15.9 Å². The second-order valence-electron chi connectivity index (χ2n) is 6.06. The van der Waals surface area contributed by atoms with Gasteiger partial charge in [-0.05, 0) is 43.2 Å². The van der Waals surface area contributed by atoms with Gasteiger partial charge in [-0.15, -0.1) is 0 Å². The van der Waals surface area contributed by atoms with Gasteiger partial charge in [-0.3, -0.25) is 0 Å². The number of rotatable bonds is 7. The number of nitrogens with one attached hydrogen (secondary N) is 1. The van der Waals surface area contributed by atoms with E-state index in [1.54, 1.807) is 49.4 Å². The molecular formula is C21H23NO5. The van der Waals surface area contributed by atoms with Crippen LogP contribution in [0.4, 0.5) is 4.79 Å². The molecule has 2 rings (SSSR count). The first-order valence-electron chi connectivity index (χ1n) is 8.83. The van der Waals surface area contributed by atoms with E-state index in [4.69, 9.17) is 9.47 Å². The quantitative estimate of drug-likeness (QED) is 0.594. The number of alkyl carbamates (subject to hydrolysis) is 1. The van der Waals surface area contributed by atoms with Crippen molar-refractivity contribution in [1.29, 1.82) is 0 Å². The molecule has 2 aromatic rings. The maximum absolute atomic E-state index is 12.0. The van der Waals surface area contributed by atoms with Crippen molar-refractivity contribution in [1.82, 2.24) is 5.32 Å². The zero-order valence-corrected chi connectivity index (χ0v) is 15.4. The van der Waals surface area contributed by atoms with E-state index in [9.17, 15) is 14.4 Å². The Kier molecular flexibility index (Phi) is 7.55. The second-order valence-corrected chi connectivity index (χ2v) is 6.06. The molecule has 0 spiro atoms. The van der Waals surface area contributed by atoms with Crippen LogP contribution >= 0.6 is 0 Å². The molecular weight excluding hydrogens is 346 g/mol.